The monoisotopic (exact) mass is 370 g/mol. The number of carbonyl (C=O) groups excluding carboxylic acids is 1. The summed E-state index contributed by atoms with van der Waals surface area (Å²) in [4.78, 5) is 12.4. The summed E-state index contributed by atoms with van der Waals surface area (Å²) in [6.07, 6.45) is 0. The van der Waals surface area contributed by atoms with Crippen molar-refractivity contribution in [3.63, 3.8) is 0 Å². The molecule has 2 amide bonds. The number of methoxy groups -OCH3 is 1. The van der Waals surface area contributed by atoms with Gasteiger partial charge in [-0.2, -0.15) is 0 Å². The molecular weight excluding hydrogens is 348 g/mol. The van der Waals surface area contributed by atoms with Crippen molar-refractivity contribution in [3.05, 3.63) is 102 Å². The Morgan fingerprint density at radius 3 is 2.00 bits per heavy atom. The topological polar surface area (TPSA) is 50.4 Å². The molecule has 0 aliphatic carbocycles. The zero-order chi connectivity index (χ0) is 19.6. The van der Waals surface area contributed by atoms with Crippen LogP contribution < -0.4 is 15.4 Å². The summed E-state index contributed by atoms with van der Waals surface area (Å²) >= 11 is 0. The first kappa shape index (κ1) is 19.1. The zero-order valence-electron chi connectivity index (χ0n) is 15.7. The summed E-state index contributed by atoms with van der Waals surface area (Å²) in [5.41, 5.74) is 2.91. The molecule has 0 heterocycles. The highest BCUT2D eigenvalue weighted by atomic mass is 16.5. The molecule has 0 bridgehead atoms. The van der Waals surface area contributed by atoms with Crippen molar-refractivity contribution in [2.45, 2.75) is 6.04 Å². The van der Waals surface area contributed by atoms with Crippen LogP contribution in [0.5, 0.6) is 5.75 Å². The molecule has 0 saturated heterocycles. The van der Waals surface area contributed by atoms with Gasteiger partial charge in [-0.3, -0.25) is 0 Å². The highest BCUT2D eigenvalue weighted by Crippen LogP contribution is 2.21. The molecule has 0 aliphatic rings. The summed E-state index contributed by atoms with van der Waals surface area (Å²) in [7, 11) is 1.63. The molecule has 4 nitrogen and oxygen atoms in total. The van der Waals surface area contributed by atoms with Crippen LogP contribution in [-0.4, -0.2) is 19.7 Å². The third kappa shape index (κ3) is 5.39. The molecule has 0 atom stereocenters. The number of carbonyl (C=O) groups is 1. The zero-order valence-corrected chi connectivity index (χ0v) is 15.7. The number of rotatable bonds is 5. The second-order valence-corrected chi connectivity index (χ2v) is 6.11. The maximum absolute atomic E-state index is 12.4. The van der Waals surface area contributed by atoms with E-state index in [1.165, 1.54) is 0 Å². The van der Waals surface area contributed by atoms with E-state index in [0.29, 0.717) is 0 Å². The van der Waals surface area contributed by atoms with E-state index in [-0.39, 0.29) is 18.6 Å². The number of urea groups is 1. The van der Waals surface area contributed by atoms with Crippen LogP contribution in [0.1, 0.15) is 22.7 Å². The average Bonchev–Trinajstić information content (AvgIpc) is 2.76. The lowest BCUT2D eigenvalue weighted by molar-refractivity contribution is 0.240. The minimum Gasteiger partial charge on any atom is -0.497 e. The average molecular weight is 370 g/mol. The SMILES string of the molecule is COc1ccc(C#CCNC(=O)NC(c2ccccc2)c2ccccc2)cc1. The first-order valence-electron chi connectivity index (χ1n) is 9.03. The lowest BCUT2D eigenvalue weighted by Gasteiger charge is -2.19. The van der Waals surface area contributed by atoms with E-state index >= 15 is 0 Å². The Morgan fingerprint density at radius 2 is 1.46 bits per heavy atom. The fourth-order valence-electron chi connectivity index (χ4n) is 2.78. The predicted molar refractivity (Wildman–Crippen MR) is 111 cm³/mol. The van der Waals surface area contributed by atoms with Gasteiger partial charge in [0.2, 0.25) is 0 Å². The van der Waals surface area contributed by atoms with E-state index in [0.717, 1.165) is 22.4 Å². The summed E-state index contributed by atoms with van der Waals surface area (Å²) in [5, 5.41) is 5.83. The minimum absolute atomic E-state index is 0.225. The van der Waals surface area contributed by atoms with Gasteiger partial charge in [0, 0.05) is 5.56 Å². The predicted octanol–water partition coefficient (Wildman–Crippen LogP) is 4.14. The van der Waals surface area contributed by atoms with Crippen molar-refractivity contribution in [2.24, 2.45) is 0 Å². The van der Waals surface area contributed by atoms with Gasteiger partial charge in [-0.1, -0.05) is 72.5 Å². The van der Waals surface area contributed by atoms with Crippen molar-refractivity contribution >= 4 is 6.03 Å². The third-order valence-corrected chi connectivity index (χ3v) is 4.20. The van der Waals surface area contributed by atoms with Crippen molar-refractivity contribution in [1.82, 2.24) is 10.6 Å². The van der Waals surface area contributed by atoms with Crippen LogP contribution >= 0.6 is 0 Å². The Hall–Kier alpha value is -3.71. The summed E-state index contributed by atoms with van der Waals surface area (Å²) in [5.74, 6) is 6.77. The Bertz CT molecular complexity index is 903. The lowest BCUT2D eigenvalue weighted by atomic mass is 9.99. The van der Waals surface area contributed by atoms with Gasteiger partial charge in [-0.05, 0) is 35.4 Å². The van der Waals surface area contributed by atoms with Crippen LogP contribution in [0.2, 0.25) is 0 Å². The maximum Gasteiger partial charge on any atom is 0.316 e. The second-order valence-electron chi connectivity index (χ2n) is 6.11. The molecular formula is C24H22N2O2. The molecule has 2 N–H and O–H groups in total. The van der Waals surface area contributed by atoms with Gasteiger partial charge in [0.05, 0.1) is 19.7 Å². The van der Waals surface area contributed by atoms with Crippen LogP contribution in [0.3, 0.4) is 0 Å². The van der Waals surface area contributed by atoms with Crippen molar-refractivity contribution in [1.29, 1.82) is 0 Å². The van der Waals surface area contributed by atoms with Gasteiger partial charge in [-0.25, -0.2) is 4.79 Å². The molecule has 140 valence electrons. The van der Waals surface area contributed by atoms with E-state index in [1.807, 2.05) is 84.9 Å². The van der Waals surface area contributed by atoms with Gasteiger partial charge in [0.15, 0.2) is 0 Å². The number of benzene rings is 3. The van der Waals surface area contributed by atoms with Gasteiger partial charge < -0.3 is 15.4 Å². The van der Waals surface area contributed by atoms with Crippen molar-refractivity contribution in [2.75, 3.05) is 13.7 Å². The van der Waals surface area contributed by atoms with Crippen LogP contribution in [0.4, 0.5) is 4.79 Å². The number of amides is 2. The molecule has 3 aromatic carbocycles. The van der Waals surface area contributed by atoms with Crippen LogP contribution in [0.25, 0.3) is 0 Å². The Balaban J connectivity index is 1.61. The van der Waals surface area contributed by atoms with E-state index in [4.69, 9.17) is 4.74 Å². The fraction of sp³-hybridized carbons (Fsp3) is 0.125. The molecule has 0 fully saturated rings. The number of hydrogen-bond donors (Lipinski definition) is 2. The fourth-order valence-corrected chi connectivity index (χ4v) is 2.78. The van der Waals surface area contributed by atoms with Gasteiger partial charge >= 0.3 is 6.03 Å². The quantitative estimate of drug-likeness (QED) is 0.664. The van der Waals surface area contributed by atoms with Crippen molar-refractivity contribution in [3.8, 4) is 17.6 Å². The second kappa shape index (κ2) is 9.84. The molecule has 0 aromatic heterocycles. The highest BCUT2D eigenvalue weighted by molar-refractivity contribution is 5.75. The van der Waals surface area contributed by atoms with E-state index in [1.54, 1.807) is 7.11 Å². The first-order chi connectivity index (χ1) is 13.8. The molecule has 0 spiro atoms. The summed E-state index contributed by atoms with van der Waals surface area (Å²) in [6.45, 7) is 0.258. The normalized spacial score (nSPS) is 9.93. The standard InChI is InChI=1S/C24H22N2O2/c1-28-22-16-14-19(15-17-22)9-8-18-25-24(27)26-23(20-10-4-2-5-11-20)21-12-6-3-7-13-21/h2-7,10-17,23H,18H2,1H3,(H2,25,26,27). The van der Waals surface area contributed by atoms with Gasteiger partial charge in [-0.15, -0.1) is 0 Å². The molecule has 3 rings (SSSR count). The molecule has 4 heteroatoms. The number of ether oxygens (including phenoxy) is 1. The molecule has 28 heavy (non-hydrogen) atoms. The van der Waals surface area contributed by atoms with Crippen LogP contribution in [0, 0.1) is 11.8 Å². The summed E-state index contributed by atoms with van der Waals surface area (Å²) < 4.78 is 5.12. The number of hydrogen-bond acceptors (Lipinski definition) is 2. The maximum atomic E-state index is 12.4. The van der Waals surface area contributed by atoms with E-state index in [2.05, 4.69) is 22.5 Å². The molecule has 3 aromatic rings. The van der Waals surface area contributed by atoms with E-state index in [9.17, 15) is 4.79 Å². The van der Waals surface area contributed by atoms with Crippen molar-refractivity contribution < 1.29 is 9.53 Å². The van der Waals surface area contributed by atoms with Crippen LogP contribution in [0.15, 0.2) is 84.9 Å². The molecule has 0 unspecified atom stereocenters. The van der Waals surface area contributed by atoms with Gasteiger partial charge in [0.25, 0.3) is 0 Å². The van der Waals surface area contributed by atoms with Gasteiger partial charge in [0.1, 0.15) is 5.75 Å². The molecule has 0 saturated carbocycles. The lowest BCUT2D eigenvalue weighted by Crippen LogP contribution is -2.38. The Kier molecular flexibility index (Phi) is 6.70. The summed E-state index contributed by atoms with van der Waals surface area (Å²) in [6, 6.07) is 26.8. The smallest absolute Gasteiger partial charge is 0.316 e. The Labute approximate surface area is 165 Å². The molecule has 0 aliphatic heterocycles. The number of nitrogens with one attached hydrogen (secondary N) is 2. The van der Waals surface area contributed by atoms with E-state index < -0.39 is 0 Å². The third-order valence-electron chi connectivity index (χ3n) is 4.20. The minimum atomic E-state index is -0.262. The largest absolute Gasteiger partial charge is 0.497 e. The highest BCUT2D eigenvalue weighted by Gasteiger charge is 2.15. The Morgan fingerprint density at radius 1 is 0.893 bits per heavy atom. The van der Waals surface area contributed by atoms with Crippen LogP contribution in [-0.2, 0) is 0 Å². The first-order valence-corrected chi connectivity index (χ1v) is 9.03. The molecule has 0 radical (unpaired) electrons.